The lowest BCUT2D eigenvalue weighted by Gasteiger charge is -2.32. The van der Waals surface area contributed by atoms with E-state index in [0.717, 1.165) is 22.2 Å². The average Bonchev–Trinajstić information content (AvgIpc) is 3.25. The normalized spacial score (nSPS) is 15.2. The third-order valence-corrected chi connectivity index (χ3v) is 4.57. The van der Waals surface area contributed by atoms with E-state index in [1.54, 1.807) is 15.8 Å². The van der Waals surface area contributed by atoms with Crippen LogP contribution in [0, 0.1) is 0 Å². The molecule has 4 rings (SSSR count). The lowest BCUT2D eigenvalue weighted by atomic mass is 10.0. The van der Waals surface area contributed by atoms with Crippen molar-refractivity contribution in [2.45, 2.75) is 25.6 Å². The van der Waals surface area contributed by atoms with Gasteiger partial charge in [0.15, 0.2) is 0 Å². The van der Waals surface area contributed by atoms with Crippen LogP contribution in [0.5, 0.6) is 0 Å². The van der Waals surface area contributed by atoms with Crippen molar-refractivity contribution >= 4 is 22.8 Å². The summed E-state index contributed by atoms with van der Waals surface area (Å²) in [5, 5.41) is 8.74. The average molecular weight is 339 g/mol. The number of aromatic nitrogens is 4. The molecule has 0 radical (unpaired) electrons. The Morgan fingerprint density at radius 1 is 1.36 bits per heavy atom. The maximum atomic E-state index is 12.5. The predicted molar refractivity (Wildman–Crippen MR) is 88.4 cm³/mol. The SMILES string of the molecule is COC(=O)[C@H](Cc1c[nH]c2ccccc12)N1Cc2cnnn2CC1=O. The van der Waals surface area contributed by atoms with Gasteiger partial charge in [-0.3, -0.25) is 4.79 Å². The van der Waals surface area contributed by atoms with E-state index < -0.39 is 12.0 Å². The van der Waals surface area contributed by atoms with Gasteiger partial charge in [-0.1, -0.05) is 23.4 Å². The maximum Gasteiger partial charge on any atom is 0.328 e. The van der Waals surface area contributed by atoms with Crippen LogP contribution in [0.15, 0.2) is 36.7 Å². The number of carbonyl (C=O) groups excluding carboxylic acids is 2. The van der Waals surface area contributed by atoms with Crippen LogP contribution < -0.4 is 0 Å². The summed E-state index contributed by atoms with van der Waals surface area (Å²) in [4.78, 5) is 29.7. The van der Waals surface area contributed by atoms with Gasteiger partial charge in [-0.15, -0.1) is 5.10 Å². The molecule has 0 spiro atoms. The summed E-state index contributed by atoms with van der Waals surface area (Å²) in [5.74, 6) is -0.604. The minimum absolute atomic E-state index is 0.0801. The van der Waals surface area contributed by atoms with Gasteiger partial charge in [0.2, 0.25) is 5.91 Å². The summed E-state index contributed by atoms with van der Waals surface area (Å²) in [6.07, 6.45) is 3.87. The molecule has 1 aromatic carbocycles. The van der Waals surface area contributed by atoms with Crippen molar-refractivity contribution in [2.75, 3.05) is 7.11 Å². The zero-order valence-electron chi connectivity index (χ0n) is 13.7. The van der Waals surface area contributed by atoms with E-state index in [9.17, 15) is 9.59 Å². The van der Waals surface area contributed by atoms with Gasteiger partial charge in [0.05, 0.1) is 25.5 Å². The monoisotopic (exact) mass is 339 g/mol. The second kappa shape index (κ2) is 6.04. The molecule has 3 heterocycles. The standard InChI is InChI=1S/C17H17N5O3/c1-25-17(24)15(6-11-7-18-14-5-3-2-4-13(11)14)21-9-12-8-19-20-22(12)10-16(21)23/h2-5,7-8,15,18H,6,9-10H2,1H3/t15-/m0/s1. The molecule has 1 aliphatic rings. The van der Waals surface area contributed by atoms with Crippen molar-refractivity contribution in [1.29, 1.82) is 0 Å². The molecule has 1 aliphatic heterocycles. The van der Waals surface area contributed by atoms with E-state index in [1.807, 2.05) is 30.5 Å². The molecule has 0 unspecified atom stereocenters. The number of ether oxygens (including phenoxy) is 1. The first-order valence-corrected chi connectivity index (χ1v) is 7.97. The van der Waals surface area contributed by atoms with Gasteiger partial charge in [0.25, 0.3) is 0 Å². The lowest BCUT2D eigenvalue weighted by molar-refractivity contribution is -0.154. The number of methoxy groups -OCH3 is 1. The highest BCUT2D eigenvalue weighted by atomic mass is 16.5. The number of carbonyl (C=O) groups is 2. The second-order valence-corrected chi connectivity index (χ2v) is 6.01. The first-order valence-electron chi connectivity index (χ1n) is 7.97. The third-order valence-electron chi connectivity index (χ3n) is 4.57. The minimum Gasteiger partial charge on any atom is -0.467 e. The summed E-state index contributed by atoms with van der Waals surface area (Å²) in [5.41, 5.74) is 2.76. The number of esters is 1. The van der Waals surface area contributed by atoms with E-state index in [2.05, 4.69) is 15.3 Å². The van der Waals surface area contributed by atoms with Crippen LogP contribution in [-0.2, 0) is 33.8 Å². The summed E-state index contributed by atoms with van der Waals surface area (Å²) in [6.45, 7) is 0.366. The Balaban J connectivity index is 1.67. The third kappa shape index (κ3) is 2.65. The fourth-order valence-corrected chi connectivity index (χ4v) is 3.27. The molecular formula is C17H17N5O3. The van der Waals surface area contributed by atoms with E-state index in [0.29, 0.717) is 6.42 Å². The lowest BCUT2D eigenvalue weighted by Crippen LogP contribution is -2.50. The maximum absolute atomic E-state index is 12.5. The Bertz CT molecular complexity index is 945. The van der Waals surface area contributed by atoms with Gasteiger partial charge in [-0.25, -0.2) is 9.48 Å². The number of benzene rings is 1. The molecule has 1 amide bonds. The quantitative estimate of drug-likeness (QED) is 0.713. The Labute approximate surface area is 143 Å². The molecule has 128 valence electrons. The summed E-state index contributed by atoms with van der Waals surface area (Å²) in [7, 11) is 1.34. The highest BCUT2D eigenvalue weighted by Gasteiger charge is 2.35. The molecule has 0 saturated carbocycles. The van der Waals surface area contributed by atoms with Gasteiger partial charge in [0.1, 0.15) is 12.6 Å². The van der Waals surface area contributed by atoms with Crippen LogP contribution in [-0.4, -0.2) is 49.9 Å². The van der Waals surface area contributed by atoms with Gasteiger partial charge in [-0.05, 0) is 11.6 Å². The number of hydrogen-bond acceptors (Lipinski definition) is 5. The fourth-order valence-electron chi connectivity index (χ4n) is 3.27. The smallest absolute Gasteiger partial charge is 0.328 e. The Morgan fingerprint density at radius 2 is 2.20 bits per heavy atom. The van der Waals surface area contributed by atoms with Gasteiger partial charge >= 0.3 is 5.97 Å². The molecule has 2 aromatic heterocycles. The van der Waals surface area contributed by atoms with Crippen molar-refractivity contribution < 1.29 is 14.3 Å². The van der Waals surface area contributed by atoms with Crippen molar-refractivity contribution in [3.05, 3.63) is 47.9 Å². The van der Waals surface area contributed by atoms with Crippen LogP contribution >= 0.6 is 0 Å². The second-order valence-electron chi connectivity index (χ2n) is 6.01. The molecule has 0 bridgehead atoms. The first kappa shape index (κ1) is 15.4. The zero-order chi connectivity index (χ0) is 17.4. The molecule has 25 heavy (non-hydrogen) atoms. The number of para-hydroxylation sites is 1. The number of fused-ring (bicyclic) bond motifs is 2. The minimum atomic E-state index is -0.694. The van der Waals surface area contributed by atoms with E-state index >= 15 is 0 Å². The molecular weight excluding hydrogens is 322 g/mol. The van der Waals surface area contributed by atoms with Crippen molar-refractivity contribution in [1.82, 2.24) is 24.9 Å². The molecule has 0 fully saturated rings. The zero-order valence-corrected chi connectivity index (χ0v) is 13.7. The van der Waals surface area contributed by atoms with Crippen LogP contribution in [0.2, 0.25) is 0 Å². The Hall–Kier alpha value is -3.16. The van der Waals surface area contributed by atoms with Crippen LogP contribution in [0.3, 0.4) is 0 Å². The Kier molecular flexibility index (Phi) is 3.72. The van der Waals surface area contributed by atoms with E-state index in [1.165, 1.54) is 7.11 Å². The highest BCUT2D eigenvalue weighted by Crippen LogP contribution is 2.23. The number of rotatable bonds is 4. The number of nitrogens with zero attached hydrogens (tertiary/aromatic N) is 4. The van der Waals surface area contributed by atoms with E-state index in [-0.39, 0.29) is 19.0 Å². The molecule has 0 saturated heterocycles. The van der Waals surface area contributed by atoms with Crippen molar-refractivity contribution in [3.63, 3.8) is 0 Å². The fraction of sp³-hybridized carbons (Fsp3) is 0.294. The topological polar surface area (TPSA) is 93.1 Å². The Morgan fingerprint density at radius 3 is 3.04 bits per heavy atom. The number of aromatic amines is 1. The summed E-state index contributed by atoms with van der Waals surface area (Å²) in [6, 6.07) is 7.17. The van der Waals surface area contributed by atoms with Crippen LogP contribution in [0.25, 0.3) is 10.9 Å². The molecule has 1 N–H and O–H groups in total. The predicted octanol–water partition coefficient (Wildman–Crippen LogP) is 0.886. The summed E-state index contributed by atoms with van der Waals surface area (Å²) >= 11 is 0. The molecule has 8 heteroatoms. The van der Waals surface area contributed by atoms with Crippen molar-refractivity contribution in [3.8, 4) is 0 Å². The number of nitrogens with one attached hydrogen (secondary N) is 1. The highest BCUT2D eigenvalue weighted by molar-refractivity contribution is 5.87. The summed E-state index contributed by atoms with van der Waals surface area (Å²) < 4.78 is 6.52. The number of H-pyrrole nitrogens is 1. The molecule has 0 aliphatic carbocycles. The molecule has 1 atom stereocenters. The molecule has 8 nitrogen and oxygen atoms in total. The van der Waals surface area contributed by atoms with Gasteiger partial charge < -0.3 is 14.6 Å². The molecule has 3 aromatic rings. The number of amides is 1. The van der Waals surface area contributed by atoms with Gasteiger partial charge in [0, 0.05) is 23.5 Å². The van der Waals surface area contributed by atoms with Crippen LogP contribution in [0.1, 0.15) is 11.3 Å². The van der Waals surface area contributed by atoms with Crippen LogP contribution in [0.4, 0.5) is 0 Å². The van der Waals surface area contributed by atoms with Gasteiger partial charge in [-0.2, -0.15) is 0 Å². The van der Waals surface area contributed by atoms with Crippen molar-refractivity contribution in [2.24, 2.45) is 0 Å². The number of hydrogen-bond donors (Lipinski definition) is 1. The van der Waals surface area contributed by atoms with E-state index in [4.69, 9.17) is 4.74 Å². The largest absolute Gasteiger partial charge is 0.467 e. The first-order chi connectivity index (χ1) is 12.2.